The number of carbonyl (C=O) groups is 1. The first-order valence-corrected chi connectivity index (χ1v) is 14.8. The lowest BCUT2D eigenvalue weighted by molar-refractivity contribution is -0.274. The zero-order valence-corrected chi connectivity index (χ0v) is 25.0. The minimum absolute atomic E-state index is 0.247. The number of halogens is 4. The number of amidine groups is 1. The topological polar surface area (TPSA) is 84.6 Å². The summed E-state index contributed by atoms with van der Waals surface area (Å²) in [5.74, 6) is 0.852. The van der Waals surface area contributed by atoms with Gasteiger partial charge in [0.15, 0.2) is 11.0 Å². The van der Waals surface area contributed by atoms with E-state index < -0.39 is 18.6 Å². The van der Waals surface area contributed by atoms with E-state index in [1.54, 1.807) is 24.3 Å². The SMILES string of the molecule is Cc1cc(C)c(N2CCCS/C2=N\C(=O)NCC(F)c2ccc(-c3ncn(-c4ccc(OC(F)(F)F)cc4)n3)cc2)c(C)c1. The number of aromatic nitrogens is 3. The molecule has 4 aromatic rings. The number of nitrogens with zero attached hydrogens (tertiary/aromatic N) is 5. The van der Waals surface area contributed by atoms with Crippen molar-refractivity contribution >= 4 is 28.6 Å². The Kier molecular flexibility index (Phi) is 9.23. The molecule has 1 N–H and O–H groups in total. The molecule has 2 amide bonds. The number of hydrogen-bond acceptors (Lipinski definition) is 5. The molecule has 3 aromatic carbocycles. The summed E-state index contributed by atoms with van der Waals surface area (Å²) in [7, 11) is 0. The van der Waals surface area contributed by atoms with Gasteiger partial charge >= 0.3 is 12.4 Å². The second kappa shape index (κ2) is 13.1. The van der Waals surface area contributed by atoms with Gasteiger partial charge in [0, 0.05) is 23.5 Å². The van der Waals surface area contributed by atoms with E-state index in [1.807, 2.05) is 13.8 Å². The number of benzene rings is 3. The Morgan fingerprint density at radius 2 is 1.75 bits per heavy atom. The van der Waals surface area contributed by atoms with E-state index in [4.69, 9.17) is 0 Å². The quantitative estimate of drug-likeness (QED) is 0.214. The molecule has 1 saturated heterocycles. The van der Waals surface area contributed by atoms with E-state index in [1.165, 1.54) is 52.6 Å². The lowest BCUT2D eigenvalue weighted by atomic mass is 10.0. The highest BCUT2D eigenvalue weighted by atomic mass is 32.2. The fourth-order valence-electron chi connectivity index (χ4n) is 5.04. The number of amides is 2. The van der Waals surface area contributed by atoms with Gasteiger partial charge in [-0.1, -0.05) is 53.7 Å². The second-order valence-electron chi connectivity index (χ2n) is 10.3. The average Bonchev–Trinajstić information content (AvgIpc) is 3.46. The Labute approximate surface area is 256 Å². The first kappa shape index (κ1) is 31.0. The molecule has 13 heteroatoms. The smallest absolute Gasteiger partial charge is 0.406 e. The van der Waals surface area contributed by atoms with Crippen LogP contribution in [0.15, 0.2) is 72.0 Å². The summed E-state index contributed by atoms with van der Waals surface area (Å²) < 4.78 is 57.5. The number of anilines is 1. The normalized spacial score (nSPS) is 15.3. The van der Waals surface area contributed by atoms with Gasteiger partial charge in [0.25, 0.3) is 0 Å². The molecule has 0 aliphatic carbocycles. The molecule has 44 heavy (non-hydrogen) atoms. The van der Waals surface area contributed by atoms with Crippen molar-refractivity contribution < 1.29 is 27.1 Å². The number of ether oxygens (including phenoxy) is 1. The van der Waals surface area contributed by atoms with Crippen molar-refractivity contribution in [1.82, 2.24) is 20.1 Å². The highest BCUT2D eigenvalue weighted by molar-refractivity contribution is 8.14. The molecular formula is C31H30F4N6O2S. The van der Waals surface area contributed by atoms with E-state index in [9.17, 15) is 18.0 Å². The third-order valence-electron chi connectivity index (χ3n) is 6.88. The average molecular weight is 627 g/mol. The molecule has 8 nitrogen and oxygen atoms in total. The van der Waals surface area contributed by atoms with E-state index >= 15 is 4.39 Å². The molecule has 1 aliphatic heterocycles. The molecule has 5 rings (SSSR count). The number of carbonyl (C=O) groups excluding carboxylic acids is 1. The van der Waals surface area contributed by atoms with Crippen molar-refractivity contribution in [3.63, 3.8) is 0 Å². The minimum atomic E-state index is -4.77. The molecular weight excluding hydrogens is 596 g/mol. The van der Waals surface area contributed by atoms with Gasteiger partial charge in [-0.15, -0.1) is 18.3 Å². The number of aliphatic imine (C=N–C) groups is 1. The van der Waals surface area contributed by atoms with Crippen molar-refractivity contribution in [2.24, 2.45) is 4.99 Å². The van der Waals surface area contributed by atoms with Crippen LogP contribution in [-0.2, 0) is 0 Å². The third-order valence-corrected chi connectivity index (χ3v) is 7.94. The fraction of sp³-hybridized carbons (Fsp3) is 0.290. The number of rotatable bonds is 7. The second-order valence-corrected chi connectivity index (χ2v) is 11.4. The number of urea groups is 1. The Balaban J connectivity index is 1.19. The van der Waals surface area contributed by atoms with E-state index in [2.05, 4.69) is 49.1 Å². The Hall–Kier alpha value is -4.39. The van der Waals surface area contributed by atoms with Gasteiger partial charge in [0.1, 0.15) is 18.2 Å². The zero-order chi connectivity index (χ0) is 31.4. The predicted octanol–water partition coefficient (Wildman–Crippen LogP) is 7.48. The van der Waals surface area contributed by atoms with E-state index in [0.29, 0.717) is 27.8 Å². The monoisotopic (exact) mass is 626 g/mol. The van der Waals surface area contributed by atoms with Gasteiger partial charge in [-0.05, 0) is 68.1 Å². The summed E-state index contributed by atoms with van der Waals surface area (Å²) in [6.45, 7) is 6.65. The van der Waals surface area contributed by atoms with Crippen molar-refractivity contribution in [2.75, 3.05) is 23.7 Å². The maximum atomic E-state index is 15.1. The molecule has 230 valence electrons. The van der Waals surface area contributed by atoms with Crippen LogP contribution in [0.2, 0.25) is 0 Å². The Morgan fingerprint density at radius 1 is 1.07 bits per heavy atom. The van der Waals surface area contributed by atoms with Crippen LogP contribution in [0.25, 0.3) is 17.1 Å². The molecule has 1 aromatic heterocycles. The summed E-state index contributed by atoms with van der Waals surface area (Å²) in [4.78, 5) is 23.3. The number of alkyl halides is 4. The highest BCUT2D eigenvalue weighted by Gasteiger charge is 2.31. The van der Waals surface area contributed by atoms with Crippen molar-refractivity contribution in [3.05, 3.63) is 89.2 Å². The summed E-state index contributed by atoms with van der Waals surface area (Å²) in [5, 5.41) is 7.54. The van der Waals surface area contributed by atoms with Gasteiger partial charge in [-0.25, -0.2) is 18.9 Å². The van der Waals surface area contributed by atoms with Crippen LogP contribution in [-0.4, -0.2) is 51.2 Å². The van der Waals surface area contributed by atoms with Crippen LogP contribution in [0.3, 0.4) is 0 Å². The molecule has 1 aliphatic rings. The van der Waals surface area contributed by atoms with Gasteiger partial charge in [-0.2, -0.15) is 4.99 Å². The Morgan fingerprint density at radius 3 is 2.41 bits per heavy atom. The van der Waals surface area contributed by atoms with Gasteiger partial charge < -0.3 is 15.0 Å². The zero-order valence-electron chi connectivity index (χ0n) is 24.2. The van der Waals surface area contributed by atoms with Gasteiger partial charge in [0.05, 0.1) is 12.2 Å². The molecule has 0 spiro atoms. The van der Waals surface area contributed by atoms with Crippen LogP contribution in [0.5, 0.6) is 5.75 Å². The lowest BCUT2D eigenvalue weighted by Gasteiger charge is -2.32. The van der Waals surface area contributed by atoms with Gasteiger partial charge in [-0.3, -0.25) is 0 Å². The van der Waals surface area contributed by atoms with Crippen LogP contribution in [0, 0.1) is 20.8 Å². The fourth-order valence-corrected chi connectivity index (χ4v) is 5.98. The lowest BCUT2D eigenvalue weighted by Crippen LogP contribution is -2.37. The van der Waals surface area contributed by atoms with Crippen LogP contribution >= 0.6 is 11.8 Å². The van der Waals surface area contributed by atoms with Crippen molar-refractivity contribution in [3.8, 4) is 22.8 Å². The predicted molar refractivity (Wildman–Crippen MR) is 163 cm³/mol. The van der Waals surface area contributed by atoms with Crippen LogP contribution in [0.4, 0.5) is 28.0 Å². The summed E-state index contributed by atoms with van der Waals surface area (Å²) >= 11 is 1.51. The molecule has 1 atom stereocenters. The van der Waals surface area contributed by atoms with E-state index in [0.717, 1.165) is 35.5 Å². The number of aryl methyl sites for hydroxylation is 3. The maximum Gasteiger partial charge on any atom is 0.573 e. The molecule has 1 unspecified atom stereocenters. The van der Waals surface area contributed by atoms with Crippen molar-refractivity contribution in [1.29, 1.82) is 0 Å². The number of nitrogens with one attached hydrogen (secondary N) is 1. The first-order chi connectivity index (χ1) is 21.0. The summed E-state index contributed by atoms with van der Waals surface area (Å²) in [6.07, 6.45) is -3.86. The van der Waals surface area contributed by atoms with Crippen LogP contribution < -0.4 is 15.0 Å². The molecule has 1 fully saturated rings. The third kappa shape index (κ3) is 7.57. The van der Waals surface area contributed by atoms with Gasteiger partial charge in [0.2, 0.25) is 0 Å². The summed E-state index contributed by atoms with van der Waals surface area (Å²) in [6, 6.07) is 15.3. The summed E-state index contributed by atoms with van der Waals surface area (Å²) in [5.41, 5.74) is 5.90. The molecule has 0 bridgehead atoms. The van der Waals surface area contributed by atoms with Crippen LogP contribution in [0.1, 0.15) is 34.8 Å². The van der Waals surface area contributed by atoms with E-state index in [-0.39, 0.29) is 12.3 Å². The van der Waals surface area contributed by atoms with Crippen molar-refractivity contribution in [2.45, 2.75) is 39.7 Å². The number of thioether (sulfide) groups is 1. The largest absolute Gasteiger partial charge is 0.573 e. The highest BCUT2D eigenvalue weighted by Crippen LogP contribution is 2.32. The standard InChI is InChI=1S/C31H30F4N6O2S/c1-19-15-20(2)27(21(3)16-19)40-13-4-14-44-30(40)38-29(42)36-17-26(32)22-5-7-23(8-6-22)28-37-18-41(39-28)24-9-11-25(12-10-24)43-31(33,34)35/h5-12,15-16,18,26H,4,13-14,17H2,1-3H3,(H,36,42)/b38-30-. The maximum absolute atomic E-state index is 15.1. The molecule has 2 heterocycles. The molecule has 0 saturated carbocycles. The minimum Gasteiger partial charge on any atom is -0.406 e. The first-order valence-electron chi connectivity index (χ1n) is 13.8. The molecule has 0 radical (unpaired) electrons. The Bertz CT molecular complexity index is 1630. The number of hydrogen-bond donors (Lipinski definition) is 1.